The lowest BCUT2D eigenvalue weighted by atomic mass is 10.1. The van der Waals surface area contributed by atoms with Crippen LogP contribution in [0, 0.1) is 0 Å². The maximum Gasteiger partial charge on any atom is 0.134 e. The minimum absolute atomic E-state index is 0.290. The van der Waals surface area contributed by atoms with Crippen LogP contribution in [0.1, 0.15) is 0 Å². The highest BCUT2D eigenvalue weighted by molar-refractivity contribution is 9.10. The van der Waals surface area contributed by atoms with Crippen molar-refractivity contribution in [2.24, 2.45) is 0 Å². The van der Waals surface area contributed by atoms with Gasteiger partial charge in [-0.3, -0.25) is 0 Å². The lowest BCUT2D eigenvalue weighted by Crippen LogP contribution is -2.04. The first-order valence-corrected chi connectivity index (χ1v) is 6.05. The second-order valence-electron chi connectivity index (χ2n) is 3.87. The summed E-state index contributed by atoms with van der Waals surface area (Å²) in [4.78, 5) is 0. The Bertz CT molecular complexity index is 520. The average Bonchev–Trinajstić information content (AvgIpc) is 3.13. The van der Waals surface area contributed by atoms with E-state index in [1.165, 1.54) is 10.8 Å². The third-order valence-corrected chi connectivity index (χ3v) is 3.47. The van der Waals surface area contributed by atoms with Gasteiger partial charge in [0.1, 0.15) is 18.5 Å². The molecule has 0 aromatic heterocycles. The van der Waals surface area contributed by atoms with Crippen molar-refractivity contribution in [1.82, 2.24) is 0 Å². The van der Waals surface area contributed by atoms with E-state index in [-0.39, 0.29) is 0 Å². The summed E-state index contributed by atoms with van der Waals surface area (Å²) in [7, 11) is 0. The van der Waals surface area contributed by atoms with Gasteiger partial charge >= 0.3 is 0 Å². The molecule has 2 aromatic rings. The number of ether oxygens (including phenoxy) is 2. The van der Waals surface area contributed by atoms with E-state index in [0.717, 1.165) is 16.8 Å². The van der Waals surface area contributed by atoms with E-state index in [1.54, 1.807) is 0 Å². The number of rotatable bonds is 3. The first-order chi connectivity index (χ1) is 7.84. The van der Waals surface area contributed by atoms with Gasteiger partial charge in [-0.1, -0.05) is 30.3 Å². The van der Waals surface area contributed by atoms with E-state index in [9.17, 15) is 0 Å². The predicted octanol–water partition coefficient (Wildman–Crippen LogP) is 3.38. The molecule has 1 heterocycles. The molecule has 1 atom stereocenters. The van der Waals surface area contributed by atoms with Crippen molar-refractivity contribution >= 4 is 26.7 Å². The van der Waals surface area contributed by atoms with E-state index < -0.39 is 0 Å². The lowest BCUT2D eigenvalue weighted by Gasteiger charge is -2.09. The second kappa shape index (κ2) is 4.07. The molecule has 0 saturated carbocycles. The number of fused-ring (bicyclic) bond motifs is 1. The van der Waals surface area contributed by atoms with Gasteiger partial charge < -0.3 is 9.47 Å². The molecule has 3 rings (SSSR count). The van der Waals surface area contributed by atoms with E-state index >= 15 is 0 Å². The lowest BCUT2D eigenvalue weighted by molar-refractivity contribution is 0.262. The maximum atomic E-state index is 5.70. The smallest absolute Gasteiger partial charge is 0.134 e. The summed E-state index contributed by atoms with van der Waals surface area (Å²) in [6.45, 7) is 1.46. The van der Waals surface area contributed by atoms with Gasteiger partial charge in [-0.25, -0.2) is 0 Å². The minimum Gasteiger partial charge on any atom is -0.490 e. The molecule has 1 unspecified atom stereocenters. The molecule has 3 heteroatoms. The Morgan fingerprint density at radius 3 is 2.88 bits per heavy atom. The maximum absolute atomic E-state index is 5.70. The van der Waals surface area contributed by atoms with E-state index in [2.05, 4.69) is 34.1 Å². The van der Waals surface area contributed by atoms with Crippen LogP contribution in [0.3, 0.4) is 0 Å². The van der Waals surface area contributed by atoms with Crippen molar-refractivity contribution in [3.05, 3.63) is 40.9 Å². The van der Waals surface area contributed by atoms with E-state index in [4.69, 9.17) is 9.47 Å². The Hall–Kier alpha value is -1.06. The fraction of sp³-hybridized carbons (Fsp3) is 0.231. The Kier molecular flexibility index (Phi) is 2.58. The number of epoxide rings is 1. The molecule has 0 aliphatic carbocycles. The zero-order chi connectivity index (χ0) is 11.0. The third kappa shape index (κ3) is 1.93. The first kappa shape index (κ1) is 10.1. The summed E-state index contributed by atoms with van der Waals surface area (Å²) < 4.78 is 11.8. The number of halogens is 1. The van der Waals surface area contributed by atoms with Gasteiger partial charge in [0.05, 0.1) is 11.1 Å². The molecule has 0 bridgehead atoms. The van der Waals surface area contributed by atoms with Gasteiger partial charge in [-0.15, -0.1) is 0 Å². The van der Waals surface area contributed by atoms with Crippen molar-refractivity contribution < 1.29 is 9.47 Å². The standard InChI is InChI=1S/C13H11BrO2/c14-13-11-4-2-1-3-9(11)5-6-12(13)16-8-10-7-15-10/h1-6,10H,7-8H2. The summed E-state index contributed by atoms with van der Waals surface area (Å²) in [6, 6.07) is 12.3. The number of benzene rings is 2. The minimum atomic E-state index is 0.290. The van der Waals surface area contributed by atoms with Crippen LogP contribution < -0.4 is 4.74 Å². The van der Waals surface area contributed by atoms with Crippen LogP contribution in [0.15, 0.2) is 40.9 Å². The van der Waals surface area contributed by atoms with Crippen LogP contribution in [0.2, 0.25) is 0 Å². The average molecular weight is 279 g/mol. The van der Waals surface area contributed by atoms with E-state index in [1.807, 2.05) is 18.2 Å². The molecule has 0 amide bonds. The van der Waals surface area contributed by atoms with Crippen LogP contribution in [0.25, 0.3) is 10.8 Å². The second-order valence-corrected chi connectivity index (χ2v) is 4.66. The molecule has 0 spiro atoms. The monoisotopic (exact) mass is 278 g/mol. The SMILES string of the molecule is Brc1c(OCC2CO2)ccc2ccccc12. The Balaban J connectivity index is 1.94. The van der Waals surface area contributed by atoms with Crippen molar-refractivity contribution in [3.63, 3.8) is 0 Å². The zero-order valence-corrected chi connectivity index (χ0v) is 10.2. The van der Waals surface area contributed by atoms with Crippen LogP contribution in [-0.2, 0) is 4.74 Å². The quantitative estimate of drug-likeness (QED) is 0.803. The first-order valence-electron chi connectivity index (χ1n) is 5.26. The van der Waals surface area contributed by atoms with Gasteiger partial charge in [0.15, 0.2) is 0 Å². The highest BCUT2D eigenvalue weighted by Crippen LogP contribution is 2.33. The third-order valence-electron chi connectivity index (χ3n) is 2.65. The molecule has 82 valence electrons. The van der Waals surface area contributed by atoms with Gasteiger partial charge in [0.25, 0.3) is 0 Å². The summed E-state index contributed by atoms with van der Waals surface area (Å²) in [5.74, 6) is 0.884. The molecule has 0 N–H and O–H groups in total. The molecule has 2 nitrogen and oxygen atoms in total. The normalized spacial score (nSPS) is 18.7. The van der Waals surface area contributed by atoms with Crippen LogP contribution in [0.5, 0.6) is 5.75 Å². The van der Waals surface area contributed by atoms with Crippen molar-refractivity contribution in [1.29, 1.82) is 0 Å². The molecule has 2 aromatic carbocycles. The number of hydrogen-bond donors (Lipinski definition) is 0. The van der Waals surface area contributed by atoms with Gasteiger partial charge in [0, 0.05) is 0 Å². The topological polar surface area (TPSA) is 21.8 Å². The highest BCUT2D eigenvalue weighted by Gasteiger charge is 2.23. The van der Waals surface area contributed by atoms with Crippen LogP contribution in [0.4, 0.5) is 0 Å². The molecule has 1 saturated heterocycles. The van der Waals surface area contributed by atoms with Gasteiger partial charge in [-0.05, 0) is 32.8 Å². The Labute approximate surface area is 102 Å². The van der Waals surface area contributed by atoms with Crippen LogP contribution >= 0.6 is 15.9 Å². The highest BCUT2D eigenvalue weighted by atomic mass is 79.9. The summed E-state index contributed by atoms with van der Waals surface area (Å²) in [5.41, 5.74) is 0. The summed E-state index contributed by atoms with van der Waals surface area (Å²) in [5, 5.41) is 2.39. The van der Waals surface area contributed by atoms with Crippen molar-refractivity contribution in [3.8, 4) is 5.75 Å². The van der Waals surface area contributed by atoms with Crippen molar-refractivity contribution in [2.75, 3.05) is 13.2 Å². The number of hydrogen-bond acceptors (Lipinski definition) is 2. The fourth-order valence-electron chi connectivity index (χ4n) is 1.67. The Morgan fingerprint density at radius 1 is 1.25 bits per heavy atom. The molecule has 16 heavy (non-hydrogen) atoms. The van der Waals surface area contributed by atoms with Crippen LogP contribution in [-0.4, -0.2) is 19.3 Å². The Morgan fingerprint density at radius 2 is 2.06 bits per heavy atom. The summed E-state index contributed by atoms with van der Waals surface area (Å²) in [6.07, 6.45) is 0.290. The molecule has 1 aliphatic rings. The predicted molar refractivity (Wildman–Crippen MR) is 66.9 cm³/mol. The van der Waals surface area contributed by atoms with Crippen molar-refractivity contribution in [2.45, 2.75) is 6.10 Å². The fourth-order valence-corrected chi connectivity index (χ4v) is 2.28. The molecule has 1 fully saturated rings. The summed E-state index contributed by atoms with van der Waals surface area (Å²) >= 11 is 3.59. The van der Waals surface area contributed by atoms with Gasteiger partial charge in [0.2, 0.25) is 0 Å². The molecular weight excluding hydrogens is 268 g/mol. The molecule has 0 radical (unpaired) electrons. The molecule has 1 aliphatic heterocycles. The molecular formula is C13H11BrO2. The zero-order valence-electron chi connectivity index (χ0n) is 8.65. The van der Waals surface area contributed by atoms with E-state index in [0.29, 0.717) is 12.7 Å². The van der Waals surface area contributed by atoms with Gasteiger partial charge in [-0.2, -0.15) is 0 Å². The largest absolute Gasteiger partial charge is 0.490 e.